The van der Waals surface area contributed by atoms with Crippen LogP contribution in [0.1, 0.15) is 20.3 Å². The summed E-state index contributed by atoms with van der Waals surface area (Å²) in [5.74, 6) is -0.210. The van der Waals surface area contributed by atoms with E-state index in [0.717, 1.165) is 5.57 Å². The molecule has 0 radical (unpaired) electrons. The first-order valence-electron chi connectivity index (χ1n) is 4.26. The predicted molar refractivity (Wildman–Crippen MR) is 54.3 cm³/mol. The minimum atomic E-state index is -0.210. The molecule has 0 saturated heterocycles. The Kier molecular flexibility index (Phi) is 6.60. The monoisotopic (exact) mass is 180 g/mol. The Morgan fingerprint density at radius 3 is 2.46 bits per heavy atom. The largest absolute Gasteiger partial charge is 0.469 e. The summed E-state index contributed by atoms with van der Waals surface area (Å²) in [6, 6.07) is 0. The predicted octanol–water partition coefficient (Wildman–Crippen LogP) is 2.63. The molecule has 0 N–H and O–H groups in total. The van der Waals surface area contributed by atoms with Crippen molar-refractivity contribution in [2.24, 2.45) is 0 Å². The van der Waals surface area contributed by atoms with E-state index >= 15 is 0 Å². The van der Waals surface area contributed by atoms with E-state index in [1.54, 1.807) is 0 Å². The third kappa shape index (κ3) is 5.91. The Bertz CT molecular complexity index is 234. The number of esters is 1. The van der Waals surface area contributed by atoms with Gasteiger partial charge < -0.3 is 4.74 Å². The van der Waals surface area contributed by atoms with Gasteiger partial charge in [-0.1, -0.05) is 30.4 Å². The average molecular weight is 180 g/mol. The molecule has 0 spiro atoms. The van der Waals surface area contributed by atoms with E-state index in [-0.39, 0.29) is 5.97 Å². The van der Waals surface area contributed by atoms with Crippen LogP contribution >= 0.6 is 0 Å². The molecule has 0 saturated carbocycles. The van der Waals surface area contributed by atoms with Crippen molar-refractivity contribution in [2.45, 2.75) is 20.3 Å². The van der Waals surface area contributed by atoms with Gasteiger partial charge in [0, 0.05) is 0 Å². The Morgan fingerprint density at radius 1 is 1.31 bits per heavy atom. The van der Waals surface area contributed by atoms with E-state index in [0.29, 0.717) is 6.42 Å². The minimum absolute atomic E-state index is 0.210. The summed E-state index contributed by atoms with van der Waals surface area (Å²) < 4.78 is 4.56. The molecule has 0 aromatic rings. The van der Waals surface area contributed by atoms with Gasteiger partial charge in [-0.05, 0) is 19.4 Å². The van der Waals surface area contributed by atoms with E-state index in [4.69, 9.17) is 0 Å². The normalized spacial score (nSPS) is 12.7. The van der Waals surface area contributed by atoms with Gasteiger partial charge in [0.15, 0.2) is 0 Å². The van der Waals surface area contributed by atoms with E-state index in [1.165, 1.54) is 7.11 Å². The summed E-state index contributed by atoms with van der Waals surface area (Å²) in [7, 11) is 1.39. The first-order valence-corrected chi connectivity index (χ1v) is 4.26. The second kappa shape index (κ2) is 7.35. The Morgan fingerprint density at radius 2 is 2.00 bits per heavy atom. The van der Waals surface area contributed by atoms with Crippen LogP contribution in [0.3, 0.4) is 0 Å². The zero-order valence-electron chi connectivity index (χ0n) is 8.41. The van der Waals surface area contributed by atoms with E-state index < -0.39 is 0 Å². The molecule has 0 aliphatic heterocycles. The number of ether oxygens (including phenoxy) is 1. The highest BCUT2D eigenvalue weighted by atomic mass is 16.5. The van der Waals surface area contributed by atoms with Crippen molar-refractivity contribution >= 4 is 5.97 Å². The number of rotatable bonds is 4. The number of hydrogen-bond acceptors (Lipinski definition) is 2. The molecule has 0 aliphatic rings. The van der Waals surface area contributed by atoms with Crippen LogP contribution in [0.15, 0.2) is 36.0 Å². The van der Waals surface area contributed by atoms with Crippen LogP contribution < -0.4 is 0 Å². The van der Waals surface area contributed by atoms with Gasteiger partial charge in [0.05, 0.1) is 13.5 Å². The van der Waals surface area contributed by atoms with E-state index in [9.17, 15) is 4.79 Å². The van der Waals surface area contributed by atoms with Crippen molar-refractivity contribution in [3.63, 3.8) is 0 Å². The third-order valence-corrected chi connectivity index (χ3v) is 1.56. The second-order valence-corrected chi connectivity index (χ2v) is 2.50. The molecule has 2 heteroatoms. The molecule has 0 amide bonds. The quantitative estimate of drug-likeness (QED) is 0.491. The van der Waals surface area contributed by atoms with Gasteiger partial charge in [-0.2, -0.15) is 0 Å². The average Bonchev–Trinajstić information content (AvgIpc) is 2.16. The van der Waals surface area contributed by atoms with Crippen molar-refractivity contribution in [1.82, 2.24) is 0 Å². The maximum Gasteiger partial charge on any atom is 0.309 e. The smallest absolute Gasteiger partial charge is 0.309 e. The lowest BCUT2D eigenvalue weighted by atomic mass is 10.1. The van der Waals surface area contributed by atoms with Crippen LogP contribution in [0.5, 0.6) is 0 Å². The summed E-state index contributed by atoms with van der Waals surface area (Å²) in [5, 5.41) is 0. The van der Waals surface area contributed by atoms with Crippen molar-refractivity contribution in [2.75, 3.05) is 7.11 Å². The highest BCUT2D eigenvalue weighted by molar-refractivity contribution is 5.73. The number of carbonyl (C=O) groups is 1. The van der Waals surface area contributed by atoms with Crippen LogP contribution in [0.2, 0.25) is 0 Å². The Balaban J connectivity index is 4.13. The van der Waals surface area contributed by atoms with Gasteiger partial charge in [-0.3, -0.25) is 4.79 Å². The number of hydrogen-bond donors (Lipinski definition) is 0. The second-order valence-electron chi connectivity index (χ2n) is 2.50. The van der Waals surface area contributed by atoms with Gasteiger partial charge in [-0.15, -0.1) is 0 Å². The van der Waals surface area contributed by atoms with Crippen molar-refractivity contribution in [1.29, 1.82) is 0 Å². The summed E-state index contributed by atoms with van der Waals surface area (Å²) in [5.41, 5.74) is 0.963. The van der Waals surface area contributed by atoms with Crippen LogP contribution in [0.25, 0.3) is 0 Å². The minimum Gasteiger partial charge on any atom is -0.469 e. The lowest BCUT2D eigenvalue weighted by Gasteiger charge is -1.98. The van der Waals surface area contributed by atoms with Crippen LogP contribution in [0.4, 0.5) is 0 Å². The summed E-state index contributed by atoms with van der Waals surface area (Å²) in [6.07, 6.45) is 9.88. The fourth-order valence-corrected chi connectivity index (χ4v) is 0.786. The topological polar surface area (TPSA) is 26.3 Å². The zero-order chi connectivity index (χ0) is 10.1. The molecule has 0 fully saturated rings. The maximum atomic E-state index is 10.9. The van der Waals surface area contributed by atoms with Crippen molar-refractivity contribution in [3.8, 4) is 0 Å². The van der Waals surface area contributed by atoms with E-state index in [1.807, 2.05) is 44.2 Å². The fourth-order valence-electron chi connectivity index (χ4n) is 0.786. The Hall–Kier alpha value is -1.31. The molecule has 0 rings (SSSR count). The number of carbonyl (C=O) groups excluding carboxylic acids is 1. The maximum absolute atomic E-state index is 10.9. The summed E-state index contributed by atoms with van der Waals surface area (Å²) in [6.45, 7) is 3.85. The van der Waals surface area contributed by atoms with Crippen LogP contribution in [0, 0.1) is 0 Å². The number of methoxy groups -OCH3 is 1. The molecule has 0 heterocycles. The summed E-state index contributed by atoms with van der Waals surface area (Å²) in [4.78, 5) is 10.9. The molecule has 0 bridgehead atoms. The Labute approximate surface area is 79.6 Å². The third-order valence-electron chi connectivity index (χ3n) is 1.56. The van der Waals surface area contributed by atoms with Crippen molar-refractivity contribution < 1.29 is 9.53 Å². The SMILES string of the molecule is CC=C/C=C\C(=C/C)CC(=O)OC. The molecule has 0 atom stereocenters. The molecule has 0 aromatic carbocycles. The van der Waals surface area contributed by atoms with Gasteiger partial charge >= 0.3 is 5.97 Å². The van der Waals surface area contributed by atoms with Gasteiger partial charge in [0.25, 0.3) is 0 Å². The fraction of sp³-hybridized carbons (Fsp3) is 0.364. The van der Waals surface area contributed by atoms with Gasteiger partial charge in [0.1, 0.15) is 0 Å². The van der Waals surface area contributed by atoms with Gasteiger partial charge in [-0.25, -0.2) is 0 Å². The highest BCUT2D eigenvalue weighted by Gasteiger charge is 2.00. The molecular weight excluding hydrogens is 164 g/mol. The lowest BCUT2D eigenvalue weighted by Crippen LogP contribution is -2.00. The molecule has 0 aliphatic carbocycles. The number of allylic oxidation sites excluding steroid dienone is 5. The first-order chi connectivity index (χ1) is 6.24. The standard InChI is InChI=1S/C11H16O2/c1-4-6-7-8-10(5-2)9-11(12)13-3/h4-8H,9H2,1-3H3/b6-4?,8-7-,10-5+. The molecular formula is C11H16O2. The van der Waals surface area contributed by atoms with Crippen molar-refractivity contribution in [3.05, 3.63) is 36.0 Å². The van der Waals surface area contributed by atoms with Crippen LogP contribution in [-0.2, 0) is 9.53 Å². The molecule has 0 aromatic heterocycles. The van der Waals surface area contributed by atoms with Gasteiger partial charge in [0.2, 0.25) is 0 Å². The molecule has 13 heavy (non-hydrogen) atoms. The lowest BCUT2D eigenvalue weighted by molar-refractivity contribution is -0.139. The summed E-state index contributed by atoms with van der Waals surface area (Å²) >= 11 is 0. The molecule has 0 unspecified atom stereocenters. The highest BCUT2D eigenvalue weighted by Crippen LogP contribution is 2.04. The van der Waals surface area contributed by atoms with E-state index in [2.05, 4.69) is 4.74 Å². The van der Waals surface area contributed by atoms with Crippen LogP contribution in [-0.4, -0.2) is 13.1 Å². The molecule has 72 valence electrons. The molecule has 2 nitrogen and oxygen atoms in total. The zero-order valence-corrected chi connectivity index (χ0v) is 8.41. The first kappa shape index (κ1) is 11.7.